The molecular formula is C79H70Br2Cl6MgO6. The van der Waals surface area contributed by atoms with E-state index >= 15 is 0 Å². The molecule has 0 fully saturated rings. The van der Waals surface area contributed by atoms with E-state index in [1.807, 2.05) is 237 Å². The summed E-state index contributed by atoms with van der Waals surface area (Å²) in [5.41, 5.74) is 5.48. The summed E-state index contributed by atoms with van der Waals surface area (Å²) in [7, 11) is 0. The van der Waals surface area contributed by atoms with Crippen LogP contribution < -0.4 is 17.0 Å². The number of hydrogen-bond donors (Lipinski definition) is 2. The Kier molecular flexibility index (Phi) is 56.8. The minimum Gasteiger partial charge on any atom is -1.00 e. The smallest absolute Gasteiger partial charge is 1.00 e. The molecule has 0 aromatic heterocycles. The van der Waals surface area contributed by atoms with Gasteiger partial charge >= 0.3 is 35.0 Å². The van der Waals surface area contributed by atoms with Gasteiger partial charge in [-0.25, -0.2) is 9.59 Å². The molecule has 0 saturated heterocycles. The molecule has 0 atom stereocenters. The quantitative estimate of drug-likeness (QED) is 0.103. The van der Waals surface area contributed by atoms with Crippen LogP contribution in [-0.4, -0.2) is 55.7 Å². The van der Waals surface area contributed by atoms with E-state index in [9.17, 15) is 19.2 Å². The van der Waals surface area contributed by atoms with Crippen LogP contribution in [0.4, 0.5) is 0 Å². The Balaban J connectivity index is 0. The SMILES string of the molecule is Brc1ccccc1.Cc1ccc(Cl)cc1.Cc1ccccc1.Cc1ccccc1.Clc1ccccc1.O=C(Cl)c1ccc(Cl)cc1.O=C(Cl)c1ccccc1.O=C(O)c1ccc(Cl)cc1.O=C(O)c1ccccc1.[Br-].[Mg+2].[c-]1ccccc1.c1ccccc1.c1ccccc1. The zero-order chi connectivity index (χ0) is 67.7. The van der Waals surface area contributed by atoms with E-state index in [0.717, 1.165) is 14.5 Å². The van der Waals surface area contributed by atoms with E-state index in [1.165, 1.54) is 28.8 Å². The monoisotopic (exact) mass is 1510 g/mol. The van der Waals surface area contributed by atoms with Crippen LogP contribution in [0, 0.1) is 26.8 Å². The molecule has 94 heavy (non-hydrogen) atoms. The Morgan fingerprint density at radius 2 is 0.489 bits per heavy atom. The van der Waals surface area contributed by atoms with E-state index in [-0.39, 0.29) is 45.6 Å². The van der Waals surface area contributed by atoms with Gasteiger partial charge in [-0.15, -0.1) is 0 Å². The number of carboxylic acids is 2. The first-order valence-electron chi connectivity index (χ1n) is 27.9. The first-order valence-corrected chi connectivity index (χ1v) is 31.0. The van der Waals surface area contributed by atoms with Gasteiger partial charge in [0, 0.05) is 35.7 Å². The van der Waals surface area contributed by atoms with Gasteiger partial charge < -0.3 is 27.2 Å². The van der Waals surface area contributed by atoms with Crippen LogP contribution >= 0.6 is 85.5 Å². The third-order valence-electron chi connectivity index (χ3n) is 10.5. The van der Waals surface area contributed by atoms with Gasteiger partial charge in [0.15, 0.2) is 0 Å². The number of rotatable bonds is 4. The van der Waals surface area contributed by atoms with Gasteiger partial charge in [-0.1, -0.05) is 310 Å². The molecular weight excluding hydrogens is 1440 g/mol. The van der Waals surface area contributed by atoms with Gasteiger partial charge in [0.1, 0.15) is 0 Å². The fraction of sp³-hybridized carbons (Fsp3) is 0.0380. The maximum Gasteiger partial charge on any atom is 2.00 e. The van der Waals surface area contributed by atoms with Crippen LogP contribution in [0.2, 0.25) is 20.1 Å². The van der Waals surface area contributed by atoms with Crippen molar-refractivity contribution in [2.75, 3.05) is 0 Å². The molecule has 0 spiro atoms. The zero-order valence-electron chi connectivity index (χ0n) is 51.8. The Bertz CT molecular complexity index is 3250. The first kappa shape index (κ1) is 88.4. The fourth-order valence-corrected chi connectivity index (χ4v) is 6.95. The minimum atomic E-state index is -0.934. The summed E-state index contributed by atoms with van der Waals surface area (Å²) in [5.74, 6) is -1.81. The Labute approximate surface area is 619 Å². The van der Waals surface area contributed by atoms with Gasteiger partial charge in [-0.05, 0) is 141 Å². The molecule has 12 rings (SSSR count). The van der Waals surface area contributed by atoms with Crippen molar-refractivity contribution in [3.05, 3.63) is 427 Å². The van der Waals surface area contributed by atoms with E-state index in [1.54, 1.807) is 91.0 Å². The van der Waals surface area contributed by atoms with Gasteiger partial charge in [-0.2, -0.15) is 36.4 Å². The number of carbonyl (C=O) groups excluding carboxylic acids is 2. The first-order chi connectivity index (χ1) is 44.4. The molecule has 0 radical (unpaired) electrons. The third kappa shape index (κ3) is 53.8. The van der Waals surface area contributed by atoms with E-state index in [0.29, 0.717) is 26.7 Å². The number of hydrogen-bond acceptors (Lipinski definition) is 4. The molecule has 0 heterocycles. The molecule has 2 N–H and O–H groups in total. The van der Waals surface area contributed by atoms with Crippen molar-refractivity contribution in [3.8, 4) is 0 Å². The normalized spacial score (nSPS) is 8.62. The maximum absolute atomic E-state index is 10.5. The van der Waals surface area contributed by atoms with Gasteiger partial charge in [0.05, 0.1) is 11.1 Å². The number of halogens is 8. The fourth-order valence-electron chi connectivity index (χ4n) is 5.87. The molecule has 6 nitrogen and oxygen atoms in total. The zero-order valence-corrected chi connectivity index (χ0v) is 60.9. The number of aryl methyl sites for hydroxylation is 3. The molecule has 15 heteroatoms. The summed E-state index contributed by atoms with van der Waals surface area (Å²) < 4.78 is 1.13. The molecule has 0 unspecified atom stereocenters. The molecule has 12 aromatic carbocycles. The summed E-state index contributed by atoms with van der Waals surface area (Å²) in [6, 6.07) is 114. The Morgan fingerprint density at radius 1 is 0.287 bits per heavy atom. The second kappa shape index (κ2) is 60.3. The predicted octanol–water partition coefficient (Wildman–Crippen LogP) is 21.1. The number of aromatic carboxylic acids is 2. The minimum absolute atomic E-state index is 0. The van der Waals surface area contributed by atoms with Crippen LogP contribution in [0.1, 0.15) is 58.1 Å². The predicted molar refractivity (Wildman–Crippen MR) is 398 cm³/mol. The van der Waals surface area contributed by atoms with E-state index < -0.39 is 22.4 Å². The van der Waals surface area contributed by atoms with E-state index in [4.69, 9.17) is 79.8 Å². The summed E-state index contributed by atoms with van der Waals surface area (Å²) >= 11 is 35.9. The van der Waals surface area contributed by atoms with Crippen molar-refractivity contribution >= 4 is 131 Å². The van der Waals surface area contributed by atoms with Crippen LogP contribution in [-0.2, 0) is 0 Å². The van der Waals surface area contributed by atoms with Crippen LogP contribution in [0.3, 0.4) is 0 Å². The molecule has 0 bridgehead atoms. The molecule has 0 aliphatic carbocycles. The molecule has 480 valence electrons. The molecule has 0 aliphatic rings. The van der Waals surface area contributed by atoms with Crippen LogP contribution in [0.5, 0.6) is 0 Å². The van der Waals surface area contributed by atoms with Crippen molar-refractivity contribution in [1.82, 2.24) is 0 Å². The topological polar surface area (TPSA) is 109 Å². The Hall–Kier alpha value is -7.61. The van der Waals surface area contributed by atoms with Crippen LogP contribution in [0.15, 0.2) is 362 Å². The summed E-state index contributed by atoms with van der Waals surface area (Å²) in [4.78, 5) is 41.4. The van der Waals surface area contributed by atoms with Crippen molar-refractivity contribution in [2.45, 2.75) is 20.8 Å². The largest absolute Gasteiger partial charge is 2.00 e. The number of carbonyl (C=O) groups is 4. The van der Waals surface area contributed by atoms with Crippen LogP contribution in [0.25, 0.3) is 0 Å². The van der Waals surface area contributed by atoms with Crippen molar-refractivity contribution < 1.29 is 46.4 Å². The molecule has 12 aromatic rings. The molecule has 0 saturated carbocycles. The summed E-state index contributed by atoms with van der Waals surface area (Å²) in [6.45, 7) is 6.20. The van der Waals surface area contributed by atoms with Gasteiger partial charge in [0.2, 0.25) is 0 Å². The molecule has 0 aliphatic heterocycles. The summed E-state index contributed by atoms with van der Waals surface area (Å²) in [5, 5.41) is 18.7. The average Bonchev–Trinajstić information content (AvgIpc) is 2.22. The second-order valence-corrected chi connectivity index (χ2v) is 21.3. The van der Waals surface area contributed by atoms with Crippen molar-refractivity contribution in [2.24, 2.45) is 0 Å². The van der Waals surface area contributed by atoms with Crippen molar-refractivity contribution in [1.29, 1.82) is 0 Å². The number of carboxylic acid groups (broad SMARTS) is 2. The van der Waals surface area contributed by atoms with Crippen molar-refractivity contribution in [3.63, 3.8) is 0 Å². The van der Waals surface area contributed by atoms with Gasteiger partial charge in [0.25, 0.3) is 10.5 Å². The summed E-state index contributed by atoms with van der Waals surface area (Å²) in [6.07, 6.45) is 0. The van der Waals surface area contributed by atoms with E-state index in [2.05, 4.69) is 60.1 Å². The standard InChI is InChI=1S/C7H4Cl2O.C7H5ClO2.C7H5ClO.C7H7Cl.C7H6O2.2C7H8.C6H5Br.C6H5Cl.2C6H6.C6H5.BrH.Mg/c2*8-6-3-1-5(2-4-6)7(9)10;8-7(9)6-4-2-1-3-5-6;1-6-2-4-7(8)5-3-6;8-7(9)6-4-2-1-3-5-6;2*1-7-5-3-2-4-6-7;2*7-6-4-2-1-3-5-6;3*1-2-4-6-5-3-1;;/h1-4H;1-4H,(H,9,10);1-5H;2-5H,1H3;1-5H,(H,8,9);2*2-6H,1H3;2*1-5H;2*1-6H;1-5H;1H;/q;;;;;;;;;;;-1;;+2/p-1. The average molecular weight is 1510 g/mol. The molecule has 0 amide bonds. The maximum atomic E-state index is 10.5. The number of benzene rings is 12. The van der Waals surface area contributed by atoms with Gasteiger partial charge in [-0.3, -0.25) is 9.59 Å². The Morgan fingerprint density at radius 3 is 0.670 bits per heavy atom. The third-order valence-corrected chi connectivity index (χ3v) is 12.5. The second-order valence-electron chi connectivity index (χ2n) is 18.0.